The summed E-state index contributed by atoms with van der Waals surface area (Å²) < 4.78 is 5.20. The number of ether oxygens (including phenoxy) is 1. The third-order valence-corrected chi connectivity index (χ3v) is 4.17. The fraction of sp³-hybridized carbons (Fsp3) is 0.611. The average Bonchev–Trinajstić information content (AvgIpc) is 2.58. The van der Waals surface area contributed by atoms with E-state index in [1.54, 1.807) is 7.11 Å². The van der Waals surface area contributed by atoms with Gasteiger partial charge < -0.3 is 15.0 Å². The predicted octanol–water partition coefficient (Wildman–Crippen LogP) is 1.98. The van der Waals surface area contributed by atoms with Gasteiger partial charge in [0.1, 0.15) is 5.75 Å². The molecule has 5 nitrogen and oxygen atoms in total. The Morgan fingerprint density at radius 2 is 1.83 bits per heavy atom. The Hall–Kier alpha value is -1.75. The molecular formula is C18H29N3O2. The van der Waals surface area contributed by atoms with E-state index in [0.717, 1.165) is 45.0 Å². The van der Waals surface area contributed by atoms with Gasteiger partial charge in [0, 0.05) is 51.4 Å². The lowest BCUT2D eigenvalue weighted by Crippen LogP contribution is -2.47. The Balaban J connectivity index is 1.70. The van der Waals surface area contributed by atoms with Gasteiger partial charge in [-0.15, -0.1) is 0 Å². The molecule has 1 aliphatic rings. The van der Waals surface area contributed by atoms with E-state index < -0.39 is 0 Å². The quantitative estimate of drug-likeness (QED) is 0.835. The highest BCUT2D eigenvalue weighted by Crippen LogP contribution is 2.20. The molecule has 2 rings (SSSR count). The molecule has 1 N–H and O–H groups in total. The molecule has 1 fully saturated rings. The zero-order chi connectivity index (χ0) is 16.7. The van der Waals surface area contributed by atoms with Gasteiger partial charge in [-0.05, 0) is 30.2 Å². The number of hydrogen-bond donors (Lipinski definition) is 1. The van der Waals surface area contributed by atoms with Crippen molar-refractivity contribution in [2.24, 2.45) is 5.92 Å². The van der Waals surface area contributed by atoms with Crippen molar-refractivity contribution in [3.63, 3.8) is 0 Å². The first-order valence-electron chi connectivity index (χ1n) is 8.46. The summed E-state index contributed by atoms with van der Waals surface area (Å²) in [5.41, 5.74) is 1.24. The molecule has 1 aromatic carbocycles. The number of carbonyl (C=O) groups excluding carboxylic acids is 1. The van der Waals surface area contributed by atoms with Crippen LogP contribution in [-0.2, 0) is 4.79 Å². The van der Waals surface area contributed by atoms with E-state index in [0.29, 0.717) is 12.3 Å². The van der Waals surface area contributed by atoms with Gasteiger partial charge in [-0.3, -0.25) is 9.69 Å². The monoisotopic (exact) mass is 319 g/mol. The Morgan fingerprint density at radius 1 is 1.17 bits per heavy atom. The van der Waals surface area contributed by atoms with E-state index in [-0.39, 0.29) is 5.91 Å². The number of nitrogens with zero attached hydrogens (tertiary/aromatic N) is 2. The van der Waals surface area contributed by atoms with E-state index in [1.807, 2.05) is 12.1 Å². The van der Waals surface area contributed by atoms with E-state index >= 15 is 0 Å². The Kier molecular flexibility index (Phi) is 6.71. The van der Waals surface area contributed by atoms with Gasteiger partial charge in [0.2, 0.25) is 5.91 Å². The number of rotatable bonds is 7. The highest BCUT2D eigenvalue weighted by atomic mass is 16.5. The van der Waals surface area contributed by atoms with E-state index in [2.05, 4.69) is 41.1 Å². The van der Waals surface area contributed by atoms with Crippen molar-refractivity contribution in [3.05, 3.63) is 24.3 Å². The molecule has 0 aliphatic carbocycles. The van der Waals surface area contributed by atoms with Crippen molar-refractivity contribution < 1.29 is 9.53 Å². The second kappa shape index (κ2) is 8.77. The van der Waals surface area contributed by atoms with Crippen molar-refractivity contribution in [2.75, 3.05) is 51.3 Å². The van der Waals surface area contributed by atoms with Crippen LogP contribution in [0.15, 0.2) is 24.3 Å². The third kappa shape index (κ3) is 5.75. The van der Waals surface area contributed by atoms with Crippen LogP contribution in [0.5, 0.6) is 5.75 Å². The molecule has 0 unspecified atom stereocenters. The summed E-state index contributed by atoms with van der Waals surface area (Å²) in [5.74, 6) is 1.56. The van der Waals surface area contributed by atoms with Gasteiger partial charge in [0.15, 0.2) is 0 Å². The lowest BCUT2D eigenvalue weighted by molar-refractivity contribution is -0.121. The largest absolute Gasteiger partial charge is 0.497 e. The van der Waals surface area contributed by atoms with E-state index in [4.69, 9.17) is 4.74 Å². The van der Waals surface area contributed by atoms with Crippen LogP contribution in [-0.4, -0.2) is 57.2 Å². The number of nitrogens with one attached hydrogen (secondary N) is 1. The van der Waals surface area contributed by atoms with E-state index in [9.17, 15) is 4.79 Å². The lowest BCUT2D eigenvalue weighted by Gasteiger charge is -2.36. The SMILES string of the molecule is COc1ccc(N2CCN(CCC(=O)NCC(C)C)CC2)cc1. The summed E-state index contributed by atoms with van der Waals surface area (Å²) in [6.07, 6.45) is 0.593. The topological polar surface area (TPSA) is 44.8 Å². The fourth-order valence-electron chi connectivity index (χ4n) is 2.69. The molecule has 0 spiro atoms. The number of methoxy groups -OCH3 is 1. The van der Waals surface area contributed by atoms with Crippen molar-refractivity contribution in [1.29, 1.82) is 0 Å². The lowest BCUT2D eigenvalue weighted by atomic mass is 10.2. The molecule has 0 radical (unpaired) electrons. The van der Waals surface area contributed by atoms with Crippen molar-refractivity contribution in [2.45, 2.75) is 20.3 Å². The molecular weight excluding hydrogens is 290 g/mol. The Morgan fingerprint density at radius 3 is 2.39 bits per heavy atom. The minimum Gasteiger partial charge on any atom is -0.497 e. The van der Waals surface area contributed by atoms with Crippen LogP contribution in [0.25, 0.3) is 0 Å². The second-order valence-electron chi connectivity index (χ2n) is 6.47. The van der Waals surface area contributed by atoms with Crippen LogP contribution < -0.4 is 15.0 Å². The van der Waals surface area contributed by atoms with Crippen LogP contribution in [0.3, 0.4) is 0 Å². The molecule has 1 aromatic rings. The van der Waals surface area contributed by atoms with Gasteiger partial charge in [-0.25, -0.2) is 0 Å². The van der Waals surface area contributed by atoms with Gasteiger partial charge in [-0.2, -0.15) is 0 Å². The maximum Gasteiger partial charge on any atom is 0.221 e. The minimum atomic E-state index is 0.163. The first-order chi connectivity index (χ1) is 11.1. The number of carbonyl (C=O) groups is 1. The van der Waals surface area contributed by atoms with Crippen LogP contribution in [0.4, 0.5) is 5.69 Å². The van der Waals surface area contributed by atoms with Gasteiger partial charge in [0.05, 0.1) is 7.11 Å². The molecule has 128 valence electrons. The molecule has 1 saturated heterocycles. The zero-order valence-electron chi connectivity index (χ0n) is 14.5. The van der Waals surface area contributed by atoms with Crippen molar-refractivity contribution in [3.8, 4) is 5.75 Å². The number of anilines is 1. The number of benzene rings is 1. The predicted molar refractivity (Wildman–Crippen MR) is 94.1 cm³/mol. The van der Waals surface area contributed by atoms with Crippen molar-refractivity contribution >= 4 is 11.6 Å². The summed E-state index contributed by atoms with van der Waals surface area (Å²) in [5, 5.41) is 2.98. The highest BCUT2D eigenvalue weighted by molar-refractivity contribution is 5.76. The summed E-state index contributed by atoms with van der Waals surface area (Å²) in [6, 6.07) is 8.21. The first-order valence-corrected chi connectivity index (χ1v) is 8.46. The smallest absolute Gasteiger partial charge is 0.221 e. The highest BCUT2D eigenvalue weighted by Gasteiger charge is 2.17. The summed E-state index contributed by atoms with van der Waals surface area (Å²) in [7, 11) is 1.69. The summed E-state index contributed by atoms with van der Waals surface area (Å²) in [4.78, 5) is 16.5. The zero-order valence-corrected chi connectivity index (χ0v) is 14.5. The molecule has 1 amide bonds. The summed E-state index contributed by atoms with van der Waals surface area (Å²) in [6.45, 7) is 9.84. The first kappa shape index (κ1) is 17.6. The Bertz CT molecular complexity index is 480. The second-order valence-corrected chi connectivity index (χ2v) is 6.47. The van der Waals surface area contributed by atoms with Crippen LogP contribution in [0, 0.1) is 5.92 Å². The maximum absolute atomic E-state index is 11.8. The minimum absolute atomic E-state index is 0.163. The maximum atomic E-state index is 11.8. The standard InChI is InChI=1S/C18H29N3O2/c1-15(2)14-19-18(22)8-9-20-10-12-21(13-11-20)16-4-6-17(23-3)7-5-16/h4-7,15H,8-14H2,1-3H3,(H,19,22). The molecule has 0 bridgehead atoms. The van der Waals surface area contributed by atoms with E-state index in [1.165, 1.54) is 5.69 Å². The molecule has 0 saturated carbocycles. The number of piperazine rings is 1. The van der Waals surface area contributed by atoms with Crippen LogP contribution >= 0.6 is 0 Å². The number of hydrogen-bond acceptors (Lipinski definition) is 4. The molecule has 1 heterocycles. The van der Waals surface area contributed by atoms with Crippen LogP contribution in [0.1, 0.15) is 20.3 Å². The number of amides is 1. The molecule has 23 heavy (non-hydrogen) atoms. The average molecular weight is 319 g/mol. The molecule has 5 heteroatoms. The normalized spacial score (nSPS) is 15.7. The molecule has 0 atom stereocenters. The third-order valence-electron chi connectivity index (χ3n) is 4.17. The van der Waals surface area contributed by atoms with Crippen molar-refractivity contribution in [1.82, 2.24) is 10.2 Å². The molecule has 0 aromatic heterocycles. The fourth-order valence-corrected chi connectivity index (χ4v) is 2.69. The Labute approximate surface area is 139 Å². The van der Waals surface area contributed by atoms with Crippen LogP contribution in [0.2, 0.25) is 0 Å². The summed E-state index contributed by atoms with van der Waals surface area (Å²) >= 11 is 0. The molecule has 1 aliphatic heterocycles. The van der Waals surface area contributed by atoms with Gasteiger partial charge in [-0.1, -0.05) is 13.8 Å². The van der Waals surface area contributed by atoms with Gasteiger partial charge >= 0.3 is 0 Å². The van der Waals surface area contributed by atoms with Gasteiger partial charge in [0.25, 0.3) is 0 Å².